The van der Waals surface area contributed by atoms with E-state index in [2.05, 4.69) is 10.0 Å². The fourth-order valence-corrected chi connectivity index (χ4v) is 4.62. The number of hydrogen-bond donors (Lipinski definition) is 2. The van der Waals surface area contributed by atoms with E-state index < -0.39 is 43.4 Å². The number of carbonyl (C=O) groups excluding carboxylic acids is 1. The molecular formula is C21H21N3O5S. The first-order chi connectivity index (χ1) is 14.2. The Morgan fingerprint density at radius 3 is 2.30 bits per heavy atom. The monoisotopic (exact) mass is 427 g/mol. The van der Waals surface area contributed by atoms with Crippen molar-refractivity contribution in [3.8, 4) is 0 Å². The van der Waals surface area contributed by atoms with Crippen LogP contribution in [0.4, 0.5) is 11.4 Å². The number of nitrogens with zero attached hydrogens (tertiary/aromatic N) is 1. The fraction of sp³-hybridized carbons (Fsp3) is 0.190. The van der Waals surface area contributed by atoms with Gasteiger partial charge >= 0.3 is 0 Å². The summed E-state index contributed by atoms with van der Waals surface area (Å²) in [6.45, 7) is 3.38. The maximum Gasteiger partial charge on any atom is 0.289 e. The molecule has 0 aliphatic heterocycles. The molecular weight excluding hydrogens is 406 g/mol. The van der Waals surface area contributed by atoms with E-state index in [9.17, 15) is 23.3 Å². The number of rotatable bonds is 7. The lowest BCUT2D eigenvalue weighted by Gasteiger charge is -2.22. The van der Waals surface area contributed by atoms with Gasteiger partial charge in [0.25, 0.3) is 5.69 Å². The van der Waals surface area contributed by atoms with Crippen molar-refractivity contribution in [3.63, 3.8) is 0 Å². The number of nitrogens with one attached hydrogen (secondary N) is 2. The minimum absolute atomic E-state index is 0.405. The molecule has 0 aliphatic rings. The van der Waals surface area contributed by atoms with Gasteiger partial charge in [-0.15, -0.1) is 0 Å². The topological polar surface area (TPSA) is 118 Å². The van der Waals surface area contributed by atoms with Crippen LogP contribution in [0.15, 0.2) is 71.6 Å². The summed E-state index contributed by atoms with van der Waals surface area (Å²) >= 11 is 0. The molecule has 0 radical (unpaired) electrons. The second-order valence-electron chi connectivity index (χ2n) is 7.08. The van der Waals surface area contributed by atoms with Crippen molar-refractivity contribution in [2.75, 3.05) is 5.32 Å². The number of carbonyl (C=O) groups is 1. The van der Waals surface area contributed by atoms with Crippen molar-refractivity contribution in [3.05, 3.63) is 76.8 Å². The van der Waals surface area contributed by atoms with E-state index in [1.807, 2.05) is 30.3 Å². The van der Waals surface area contributed by atoms with Gasteiger partial charge in [-0.1, -0.05) is 62.4 Å². The van der Waals surface area contributed by atoms with Gasteiger partial charge in [0, 0.05) is 17.1 Å². The summed E-state index contributed by atoms with van der Waals surface area (Å²) < 4.78 is 28.0. The highest BCUT2D eigenvalue weighted by atomic mass is 32.2. The molecule has 0 aliphatic carbocycles. The quantitative estimate of drug-likeness (QED) is 0.440. The molecule has 3 rings (SSSR count). The fourth-order valence-electron chi connectivity index (χ4n) is 3.10. The highest BCUT2D eigenvalue weighted by Crippen LogP contribution is 2.25. The summed E-state index contributed by atoms with van der Waals surface area (Å²) in [6, 6.07) is 16.8. The van der Waals surface area contributed by atoms with Crippen LogP contribution in [0.2, 0.25) is 0 Å². The van der Waals surface area contributed by atoms with Gasteiger partial charge in [0.15, 0.2) is 4.90 Å². The van der Waals surface area contributed by atoms with Gasteiger partial charge in [-0.3, -0.25) is 14.9 Å². The number of benzene rings is 3. The standard InChI is InChI=1S/C21H21N3O5S/c1-14(2)20(23-30(28,29)19-13-6-5-12-18(19)24(26)27)21(25)22-17-11-7-9-15-8-3-4-10-16(15)17/h3-14,20,23H,1-2H3,(H,22,25)/t20-/m0/s1. The van der Waals surface area contributed by atoms with Crippen LogP contribution in [-0.2, 0) is 14.8 Å². The van der Waals surface area contributed by atoms with Crippen LogP contribution in [0.1, 0.15) is 13.8 Å². The molecule has 3 aromatic carbocycles. The van der Waals surface area contributed by atoms with Gasteiger partial charge in [-0.2, -0.15) is 4.72 Å². The second kappa shape index (κ2) is 8.60. The summed E-state index contributed by atoms with van der Waals surface area (Å²) in [5.41, 5.74) is -0.00407. The van der Waals surface area contributed by atoms with E-state index in [1.165, 1.54) is 12.1 Å². The molecule has 2 N–H and O–H groups in total. The Morgan fingerprint density at radius 1 is 0.967 bits per heavy atom. The molecule has 0 heterocycles. The van der Waals surface area contributed by atoms with Gasteiger partial charge in [0.05, 0.1) is 4.92 Å². The zero-order chi connectivity index (χ0) is 21.9. The Balaban J connectivity index is 1.91. The molecule has 9 heteroatoms. The van der Waals surface area contributed by atoms with Crippen LogP contribution in [0, 0.1) is 16.0 Å². The van der Waals surface area contributed by atoms with Crippen LogP contribution in [-0.4, -0.2) is 25.3 Å². The molecule has 0 saturated carbocycles. The van der Waals surface area contributed by atoms with Gasteiger partial charge < -0.3 is 5.32 Å². The highest BCUT2D eigenvalue weighted by molar-refractivity contribution is 7.89. The van der Waals surface area contributed by atoms with Crippen LogP contribution in [0.5, 0.6) is 0 Å². The predicted octanol–water partition coefficient (Wildman–Crippen LogP) is 3.69. The lowest BCUT2D eigenvalue weighted by molar-refractivity contribution is -0.387. The zero-order valence-corrected chi connectivity index (χ0v) is 17.2. The van der Waals surface area contributed by atoms with E-state index in [4.69, 9.17) is 0 Å². The maximum absolute atomic E-state index is 13.0. The molecule has 0 bridgehead atoms. The van der Waals surface area contributed by atoms with E-state index >= 15 is 0 Å². The smallest absolute Gasteiger partial charge is 0.289 e. The highest BCUT2D eigenvalue weighted by Gasteiger charge is 2.32. The molecule has 3 aromatic rings. The lowest BCUT2D eigenvalue weighted by atomic mass is 10.0. The first-order valence-electron chi connectivity index (χ1n) is 9.25. The summed E-state index contributed by atoms with van der Waals surface area (Å²) in [6.07, 6.45) is 0. The van der Waals surface area contributed by atoms with Crippen LogP contribution in [0.25, 0.3) is 10.8 Å². The molecule has 156 valence electrons. The molecule has 0 saturated heterocycles. The van der Waals surface area contributed by atoms with Gasteiger partial charge in [-0.25, -0.2) is 8.42 Å². The third-order valence-corrected chi connectivity index (χ3v) is 6.12. The molecule has 1 amide bonds. The first kappa shape index (κ1) is 21.4. The predicted molar refractivity (Wildman–Crippen MR) is 115 cm³/mol. The Labute approximate surface area is 174 Å². The lowest BCUT2D eigenvalue weighted by Crippen LogP contribution is -2.47. The number of sulfonamides is 1. The van der Waals surface area contributed by atoms with Crippen molar-refractivity contribution in [2.45, 2.75) is 24.8 Å². The number of anilines is 1. The van der Waals surface area contributed by atoms with Crippen LogP contribution < -0.4 is 10.0 Å². The Morgan fingerprint density at radius 2 is 1.60 bits per heavy atom. The van der Waals surface area contributed by atoms with E-state index in [-0.39, 0.29) is 0 Å². The average molecular weight is 427 g/mol. The van der Waals surface area contributed by atoms with E-state index in [0.29, 0.717) is 5.69 Å². The average Bonchev–Trinajstić information content (AvgIpc) is 2.72. The minimum atomic E-state index is -4.31. The number of nitro benzene ring substituents is 1. The maximum atomic E-state index is 13.0. The molecule has 0 fully saturated rings. The molecule has 0 unspecified atom stereocenters. The number of amides is 1. The van der Waals surface area contributed by atoms with E-state index in [1.54, 1.807) is 26.0 Å². The number of hydrogen-bond acceptors (Lipinski definition) is 5. The molecule has 0 spiro atoms. The minimum Gasteiger partial charge on any atom is -0.324 e. The Hall–Kier alpha value is -3.30. The Kier molecular flexibility index (Phi) is 6.14. The van der Waals surface area contributed by atoms with Crippen molar-refractivity contribution in [1.29, 1.82) is 0 Å². The Bertz CT molecular complexity index is 1200. The van der Waals surface area contributed by atoms with Crippen molar-refractivity contribution < 1.29 is 18.1 Å². The normalized spacial score (nSPS) is 12.6. The first-order valence-corrected chi connectivity index (χ1v) is 10.7. The summed E-state index contributed by atoms with van der Waals surface area (Å²) in [7, 11) is -4.31. The van der Waals surface area contributed by atoms with Gasteiger partial charge in [0.2, 0.25) is 15.9 Å². The van der Waals surface area contributed by atoms with Crippen LogP contribution in [0.3, 0.4) is 0 Å². The van der Waals surface area contributed by atoms with Crippen molar-refractivity contribution in [1.82, 2.24) is 4.72 Å². The number of fused-ring (bicyclic) bond motifs is 1. The van der Waals surface area contributed by atoms with Crippen LogP contribution >= 0.6 is 0 Å². The number of nitro groups is 1. The SMILES string of the molecule is CC(C)[C@H](NS(=O)(=O)c1ccccc1[N+](=O)[O-])C(=O)Nc1cccc2ccccc12. The summed E-state index contributed by atoms with van der Waals surface area (Å²) in [4.78, 5) is 22.9. The molecule has 0 aromatic heterocycles. The third kappa shape index (κ3) is 4.47. The van der Waals surface area contributed by atoms with Gasteiger partial charge in [0.1, 0.15) is 6.04 Å². The summed E-state index contributed by atoms with van der Waals surface area (Å²) in [5.74, 6) is -0.957. The summed E-state index contributed by atoms with van der Waals surface area (Å²) in [5, 5.41) is 15.7. The zero-order valence-electron chi connectivity index (χ0n) is 16.4. The van der Waals surface area contributed by atoms with E-state index in [0.717, 1.165) is 22.9 Å². The second-order valence-corrected chi connectivity index (χ2v) is 8.77. The van der Waals surface area contributed by atoms with Crippen molar-refractivity contribution >= 4 is 38.1 Å². The molecule has 8 nitrogen and oxygen atoms in total. The van der Waals surface area contributed by atoms with Crippen molar-refractivity contribution in [2.24, 2.45) is 5.92 Å². The molecule has 30 heavy (non-hydrogen) atoms. The van der Waals surface area contributed by atoms with Gasteiger partial charge in [-0.05, 0) is 23.4 Å². The molecule has 1 atom stereocenters. The number of para-hydroxylation sites is 1. The largest absolute Gasteiger partial charge is 0.324 e. The third-order valence-electron chi connectivity index (χ3n) is 4.63.